The van der Waals surface area contributed by atoms with Gasteiger partial charge >= 0.3 is 5.97 Å². The Hall–Kier alpha value is -2.20. The maximum atomic E-state index is 13.7. The lowest BCUT2D eigenvalue weighted by Crippen LogP contribution is -2.33. The second-order valence-electron chi connectivity index (χ2n) is 4.51. The van der Waals surface area contributed by atoms with Crippen LogP contribution in [-0.4, -0.2) is 19.1 Å². The Kier molecular flexibility index (Phi) is 4.48. The lowest BCUT2D eigenvalue weighted by atomic mass is 10.0. The highest BCUT2D eigenvalue weighted by atomic mass is 19.1. The molecule has 4 heteroatoms. The van der Waals surface area contributed by atoms with E-state index in [-0.39, 0.29) is 5.82 Å². The van der Waals surface area contributed by atoms with E-state index in [0.717, 1.165) is 11.1 Å². The van der Waals surface area contributed by atoms with Gasteiger partial charge in [0.15, 0.2) is 0 Å². The number of ether oxygens (including phenoxy) is 1. The fraction of sp³-hybridized carbons (Fsp3) is 0.188. The minimum Gasteiger partial charge on any atom is -0.468 e. The molecule has 2 N–H and O–H groups in total. The second kappa shape index (κ2) is 6.30. The summed E-state index contributed by atoms with van der Waals surface area (Å²) in [5, 5.41) is 0. The smallest absolute Gasteiger partial charge is 0.322 e. The number of hydrogen-bond donors (Lipinski definition) is 1. The minimum absolute atomic E-state index is 0.258. The summed E-state index contributed by atoms with van der Waals surface area (Å²) in [4.78, 5) is 11.3. The quantitative estimate of drug-likeness (QED) is 0.871. The van der Waals surface area contributed by atoms with Crippen LogP contribution in [0.3, 0.4) is 0 Å². The standard InChI is InChI=1S/C16H16FNO2/c1-20-16(19)15(18)10-11-6-8-12(9-7-11)13-4-2-3-5-14(13)17/h2-9,15H,10,18H2,1H3/t15-/m0/s1. The van der Waals surface area contributed by atoms with Gasteiger partial charge in [0, 0.05) is 5.56 Å². The number of hydrogen-bond acceptors (Lipinski definition) is 3. The van der Waals surface area contributed by atoms with Crippen LogP contribution in [0.2, 0.25) is 0 Å². The van der Waals surface area contributed by atoms with Gasteiger partial charge in [-0.1, -0.05) is 42.5 Å². The third-order valence-corrected chi connectivity index (χ3v) is 3.10. The van der Waals surface area contributed by atoms with E-state index in [0.29, 0.717) is 12.0 Å². The number of nitrogens with two attached hydrogens (primary N) is 1. The van der Waals surface area contributed by atoms with Crippen molar-refractivity contribution in [1.82, 2.24) is 0 Å². The topological polar surface area (TPSA) is 52.3 Å². The normalized spacial score (nSPS) is 11.9. The van der Waals surface area contributed by atoms with Crippen molar-refractivity contribution in [1.29, 1.82) is 0 Å². The zero-order chi connectivity index (χ0) is 14.5. The van der Waals surface area contributed by atoms with Crippen molar-refractivity contribution in [3.63, 3.8) is 0 Å². The molecular weight excluding hydrogens is 257 g/mol. The molecule has 0 fully saturated rings. The van der Waals surface area contributed by atoms with Crippen LogP contribution in [0.1, 0.15) is 5.56 Å². The molecule has 1 atom stereocenters. The summed E-state index contributed by atoms with van der Waals surface area (Å²) in [6.45, 7) is 0. The lowest BCUT2D eigenvalue weighted by Gasteiger charge is -2.10. The van der Waals surface area contributed by atoms with E-state index in [9.17, 15) is 9.18 Å². The molecule has 104 valence electrons. The van der Waals surface area contributed by atoms with E-state index < -0.39 is 12.0 Å². The fourth-order valence-electron chi connectivity index (χ4n) is 2.00. The average molecular weight is 273 g/mol. The average Bonchev–Trinajstić information content (AvgIpc) is 2.48. The van der Waals surface area contributed by atoms with Crippen LogP contribution in [0.5, 0.6) is 0 Å². The van der Waals surface area contributed by atoms with E-state index in [4.69, 9.17) is 5.73 Å². The predicted octanol–water partition coefficient (Wildman–Crippen LogP) is 2.54. The van der Waals surface area contributed by atoms with Crippen LogP contribution in [0, 0.1) is 5.82 Å². The van der Waals surface area contributed by atoms with Crippen LogP contribution in [0.25, 0.3) is 11.1 Å². The summed E-state index contributed by atoms with van der Waals surface area (Å²) in [6.07, 6.45) is 0.393. The fourth-order valence-corrected chi connectivity index (χ4v) is 2.00. The summed E-state index contributed by atoms with van der Waals surface area (Å²) >= 11 is 0. The summed E-state index contributed by atoms with van der Waals surface area (Å²) in [5.74, 6) is -0.699. The summed E-state index contributed by atoms with van der Waals surface area (Å²) in [7, 11) is 1.31. The van der Waals surface area contributed by atoms with Gasteiger partial charge in [-0.3, -0.25) is 4.79 Å². The van der Waals surface area contributed by atoms with Crippen molar-refractivity contribution in [2.24, 2.45) is 5.73 Å². The molecule has 0 heterocycles. The van der Waals surface area contributed by atoms with E-state index in [1.54, 1.807) is 18.2 Å². The van der Waals surface area contributed by atoms with Crippen molar-refractivity contribution in [3.05, 3.63) is 59.9 Å². The third-order valence-electron chi connectivity index (χ3n) is 3.10. The maximum absolute atomic E-state index is 13.7. The largest absolute Gasteiger partial charge is 0.468 e. The Morgan fingerprint density at radius 2 is 1.85 bits per heavy atom. The molecule has 0 radical (unpaired) electrons. The van der Waals surface area contributed by atoms with Crippen molar-refractivity contribution >= 4 is 5.97 Å². The molecule has 2 aromatic carbocycles. The zero-order valence-corrected chi connectivity index (χ0v) is 11.2. The molecule has 2 aromatic rings. The van der Waals surface area contributed by atoms with Crippen LogP contribution >= 0.6 is 0 Å². The number of halogens is 1. The highest BCUT2D eigenvalue weighted by Crippen LogP contribution is 2.22. The number of esters is 1. The molecule has 0 unspecified atom stereocenters. The van der Waals surface area contributed by atoms with Gasteiger partial charge in [0.25, 0.3) is 0 Å². The Balaban J connectivity index is 2.15. The molecule has 0 aromatic heterocycles. The predicted molar refractivity (Wildman–Crippen MR) is 75.5 cm³/mol. The second-order valence-corrected chi connectivity index (χ2v) is 4.51. The number of carbonyl (C=O) groups excluding carboxylic acids is 1. The molecule has 0 aliphatic rings. The third kappa shape index (κ3) is 3.22. The molecule has 0 aliphatic carbocycles. The number of methoxy groups -OCH3 is 1. The lowest BCUT2D eigenvalue weighted by molar-refractivity contribution is -0.142. The molecule has 0 saturated carbocycles. The maximum Gasteiger partial charge on any atom is 0.322 e. The Bertz CT molecular complexity index is 596. The van der Waals surface area contributed by atoms with Gasteiger partial charge in [0.2, 0.25) is 0 Å². The van der Waals surface area contributed by atoms with Crippen LogP contribution < -0.4 is 5.73 Å². The van der Waals surface area contributed by atoms with E-state index in [1.165, 1.54) is 13.2 Å². The van der Waals surface area contributed by atoms with Crippen LogP contribution in [-0.2, 0) is 16.0 Å². The van der Waals surface area contributed by atoms with Crippen LogP contribution in [0.4, 0.5) is 4.39 Å². The Morgan fingerprint density at radius 1 is 1.20 bits per heavy atom. The molecule has 0 saturated heterocycles. The molecule has 3 nitrogen and oxygen atoms in total. The zero-order valence-electron chi connectivity index (χ0n) is 11.2. The molecular formula is C16H16FNO2. The monoisotopic (exact) mass is 273 g/mol. The van der Waals surface area contributed by atoms with Gasteiger partial charge in [-0.2, -0.15) is 0 Å². The van der Waals surface area contributed by atoms with Crippen molar-refractivity contribution in [2.75, 3.05) is 7.11 Å². The molecule has 0 amide bonds. The summed E-state index contributed by atoms with van der Waals surface area (Å²) < 4.78 is 18.2. The minimum atomic E-state index is -0.681. The van der Waals surface area contributed by atoms with Gasteiger partial charge < -0.3 is 10.5 Å². The van der Waals surface area contributed by atoms with Crippen molar-refractivity contribution < 1.29 is 13.9 Å². The van der Waals surface area contributed by atoms with Gasteiger partial charge in [-0.05, 0) is 23.6 Å². The van der Waals surface area contributed by atoms with Crippen LogP contribution in [0.15, 0.2) is 48.5 Å². The molecule has 20 heavy (non-hydrogen) atoms. The van der Waals surface area contributed by atoms with E-state index in [2.05, 4.69) is 4.74 Å². The highest BCUT2D eigenvalue weighted by molar-refractivity contribution is 5.75. The van der Waals surface area contributed by atoms with Gasteiger partial charge in [0.05, 0.1) is 7.11 Å². The SMILES string of the molecule is COC(=O)[C@@H](N)Cc1ccc(-c2ccccc2F)cc1. The highest BCUT2D eigenvalue weighted by Gasteiger charge is 2.14. The molecule has 0 bridgehead atoms. The Labute approximate surface area is 117 Å². The van der Waals surface area contributed by atoms with E-state index in [1.807, 2.05) is 24.3 Å². The van der Waals surface area contributed by atoms with Gasteiger partial charge in [-0.25, -0.2) is 4.39 Å². The molecule has 0 spiro atoms. The number of rotatable bonds is 4. The Morgan fingerprint density at radius 3 is 2.45 bits per heavy atom. The van der Waals surface area contributed by atoms with Gasteiger partial charge in [0.1, 0.15) is 11.9 Å². The molecule has 2 rings (SSSR count). The van der Waals surface area contributed by atoms with Gasteiger partial charge in [-0.15, -0.1) is 0 Å². The molecule has 0 aliphatic heterocycles. The first-order valence-electron chi connectivity index (χ1n) is 6.29. The van der Waals surface area contributed by atoms with E-state index >= 15 is 0 Å². The first-order valence-corrected chi connectivity index (χ1v) is 6.29. The summed E-state index contributed by atoms with van der Waals surface area (Å²) in [6, 6.07) is 13.2. The number of carbonyl (C=O) groups is 1. The first kappa shape index (κ1) is 14.2. The number of benzene rings is 2. The summed E-state index contributed by atoms with van der Waals surface area (Å²) in [5.41, 5.74) is 7.95. The van der Waals surface area contributed by atoms with Crippen molar-refractivity contribution in [3.8, 4) is 11.1 Å². The van der Waals surface area contributed by atoms with Crippen molar-refractivity contribution in [2.45, 2.75) is 12.5 Å². The first-order chi connectivity index (χ1) is 9.61.